The van der Waals surface area contributed by atoms with Crippen LogP contribution in [0.4, 0.5) is 30.8 Å². The monoisotopic (exact) mass is 496 g/mol. The first kappa shape index (κ1) is 23.6. The van der Waals surface area contributed by atoms with Crippen LogP contribution in [0.25, 0.3) is 0 Å². The van der Waals surface area contributed by atoms with Gasteiger partial charge in [0.1, 0.15) is 17.1 Å². The number of alkyl halides is 3. The van der Waals surface area contributed by atoms with E-state index in [1.54, 1.807) is 11.6 Å². The minimum Gasteiger partial charge on any atom is -0.487 e. The van der Waals surface area contributed by atoms with E-state index in [1.165, 1.54) is 0 Å². The third-order valence-electron chi connectivity index (χ3n) is 6.40. The fourth-order valence-electron chi connectivity index (χ4n) is 4.47. The number of aromatic nitrogens is 4. The van der Waals surface area contributed by atoms with Crippen molar-refractivity contribution in [2.75, 3.05) is 37.1 Å². The third-order valence-corrected chi connectivity index (χ3v) is 6.40. The molecule has 1 saturated carbocycles. The molecule has 4 atom stereocenters. The molecule has 3 aliphatic rings. The van der Waals surface area contributed by atoms with E-state index >= 15 is 0 Å². The number of rotatable bonds is 4. The van der Waals surface area contributed by atoms with Crippen molar-refractivity contribution in [2.24, 2.45) is 11.8 Å². The van der Waals surface area contributed by atoms with Gasteiger partial charge in [0.2, 0.25) is 5.95 Å². The summed E-state index contributed by atoms with van der Waals surface area (Å²) in [5.41, 5.74) is -0.350. The van der Waals surface area contributed by atoms with Gasteiger partial charge in [-0.1, -0.05) is 0 Å². The highest BCUT2D eigenvalue weighted by atomic mass is 19.4. The van der Waals surface area contributed by atoms with Gasteiger partial charge in [-0.2, -0.15) is 23.3 Å². The summed E-state index contributed by atoms with van der Waals surface area (Å²) in [5, 5.41) is 10.7. The van der Waals surface area contributed by atoms with Crippen molar-refractivity contribution >= 4 is 23.6 Å². The number of ether oxygens (including phenoxy) is 3. The standard InChI is InChI=1S/C22H27F3N6O4/c1-4-34-20(32)13-5-12(13)16-17-19(31(30-16)10(2)3)29-21-26-6-14(22(23,24)25)18(28-21)27-15-9-33-7-11(15)8-35-17/h6,10-13,15H,4-5,7-9H2,1-3H3,(H2,26,27,28,29)/t11-,12?,13?,15+/m0/s1. The zero-order valence-corrected chi connectivity index (χ0v) is 19.6. The summed E-state index contributed by atoms with van der Waals surface area (Å²) in [6, 6.07) is -0.551. The van der Waals surface area contributed by atoms with Gasteiger partial charge in [0.15, 0.2) is 11.6 Å². The van der Waals surface area contributed by atoms with Crippen LogP contribution in [0, 0.1) is 11.8 Å². The summed E-state index contributed by atoms with van der Waals surface area (Å²) in [6.45, 7) is 6.61. The van der Waals surface area contributed by atoms with Gasteiger partial charge in [-0.05, 0) is 27.2 Å². The van der Waals surface area contributed by atoms with Gasteiger partial charge in [0.05, 0.1) is 38.4 Å². The first-order valence-corrected chi connectivity index (χ1v) is 11.6. The Morgan fingerprint density at radius 1 is 1.31 bits per heavy atom. The molecule has 2 unspecified atom stereocenters. The molecule has 190 valence electrons. The SMILES string of the molecule is CCOC(=O)C1CC1c1nn(C(C)C)c2c1OC[C@@H]1COC[C@H]1Nc1nc(ncc1C(F)(F)F)N2. The van der Waals surface area contributed by atoms with Crippen LogP contribution in [0.1, 0.15) is 50.4 Å². The summed E-state index contributed by atoms with van der Waals surface area (Å²) in [5.74, 6) is -0.481. The number of halogens is 3. The van der Waals surface area contributed by atoms with Crippen LogP contribution >= 0.6 is 0 Å². The van der Waals surface area contributed by atoms with Crippen molar-refractivity contribution in [3.8, 4) is 5.75 Å². The minimum absolute atomic E-state index is 0.0335. The summed E-state index contributed by atoms with van der Waals surface area (Å²) >= 11 is 0. The molecule has 1 saturated heterocycles. The number of carbonyl (C=O) groups excluding carboxylic acids is 1. The Morgan fingerprint density at radius 2 is 2.11 bits per heavy atom. The van der Waals surface area contributed by atoms with Gasteiger partial charge in [-0.25, -0.2) is 9.67 Å². The van der Waals surface area contributed by atoms with E-state index in [0.29, 0.717) is 36.9 Å². The maximum atomic E-state index is 13.6. The first-order valence-electron chi connectivity index (χ1n) is 11.6. The van der Waals surface area contributed by atoms with Crippen LogP contribution in [0.3, 0.4) is 0 Å². The van der Waals surface area contributed by atoms with Gasteiger partial charge in [0.25, 0.3) is 0 Å². The van der Waals surface area contributed by atoms with E-state index < -0.39 is 17.8 Å². The van der Waals surface area contributed by atoms with Gasteiger partial charge in [-0.3, -0.25) is 4.79 Å². The van der Waals surface area contributed by atoms with Crippen molar-refractivity contribution in [3.05, 3.63) is 17.5 Å². The lowest BCUT2D eigenvalue weighted by Crippen LogP contribution is -2.33. The summed E-state index contributed by atoms with van der Waals surface area (Å²) < 4.78 is 59.6. The highest BCUT2D eigenvalue weighted by molar-refractivity contribution is 5.78. The largest absolute Gasteiger partial charge is 0.487 e. The number of nitrogens with zero attached hydrogens (tertiary/aromatic N) is 4. The zero-order chi connectivity index (χ0) is 24.9. The molecule has 5 rings (SSSR count). The van der Waals surface area contributed by atoms with Crippen molar-refractivity contribution in [3.63, 3.8) is 0 Å². The van der Waals surface area contributed by atoms with E-state index in [-0.39, 0.29) is 54.7 Å². The summed E-state index contributed by atoms with van der Waals surface area (Å²) in [6.07, 6.45) is -3.28. The molecule has 2 bridgehead atoms. The summed E-state index contributed by atoms with van der Waals surface area (Å²) in [4.78, 5) is 20.4. The van der Waals surface area contributed by atoms with Crippen molar-refractivity contribution in [1.82, 2.24) is 19.7 Å². The van der Waals surface area contributed by atoms with Gasteiger partial charge >= 0.3 is 12.1 Å². The molecular formula is C22H27F3N6O4. The van der Waals surface area contributed by atoms with Crippen LogP contribution < -0.4 is 15.4 Å². The highest BCUT2D eigenvalue weighted by Gasteiger charge is 2.49. The van der Waals surface area contributed by atoms with Crippen LogP contribution in [0.2, 0.25) is 0 Å². The Kier molecular flexibility index (Phi) is 5.98. The maximum absolute atomic E-state index is 13.6. The molecule has 13 heteroatoms. The maximum Gasteiger partial charge on any atom is 0.421 e. The third kappa shape index (κ3) is 4.48. The number of fused-ring (bicyclic) bond motifs is 4. The highest BCUT2D eigenvalue weighted by Crippen LogP contribution is 2.53. The van der Waals surface area contributed by atoms with Crippen LogP contribution in [0.15, 0.2) is 6.20 Å². The fourth-order valence-corrected chi connectivity index (χ4v) is 4.47. The summed E-state index contributed by atoms with van der Waals surface area (Å²) in [7, 11) is 0. The molecule has 4 heterocycles. The second-order valence-electron chi connectivity index (χ2n) is 9.24. The van der Waals surface area contributed by atoms with Crippen LogP contribution in [0.5, 0.6) is 5.75 Å². The Bertz CT molecular complexity index is 1120. The molecule has 0 aromatic carbocycles. The first-order chi connectivity index (χ1) is 16.7. The Balaban J connectivity index is 1.58. The van der Waals surface area contributed by atoms with E-state index in [1.807, 2.05) is 13.8 Å². The number of hydrogen-bond donors (Lipinski definition) is 2. The van der Waals surface area contributed by atoms with E-state index in [4.69, 9.17) is 19.3 Å². The predicted octanol–water partition coefficient (Wildman–Crippen LogP) is 3.50. The molecule has 0 spiro atoms. The predicted molar refractivity (Wildman–Crippen MR) is 118 cm³/mol. The molecule has 2 fully saturated rings. The van der Waals surface area contributed by atoms with E-state index in [0.717, 1.165) is 6.20 Å². The van der Waals surface area contributed by atoms with Crippen molar-refractivity contribution in [1.29, 1.82) is 0 Å². The fraction of sp³-hybridized carbons (Fsp3) is 0.636. The molecule has 2 N–H and O–H groups in total. The van der Waals surface area contributed by atoms with Gasteiger partial charge in [-0.15, -0.1) is 0 Å². The average molecular weight is 496 g/mol. The zero-order valence-electron chi connectivity index (χ0n) is 19.6. The van der Waals surface area contributed by atoms with E-state index in [2.05, 4.69) is 20.6 Å². The Hall–Kier alpha value is -3.09. The van der Waals surface area contributed by atoms with Crippen LogP contribution in [-0.2, 0) is 20.4 Å². The van der Waals surface area contributed by atoms with Gasteiger partial charge in [0, 0.05) is 24.1 Å². The van der Waals surface area contributed by atoms with Crippen LogP contribution in [-0.4, -0.2) is 58.2 Å². The van der Waals surface area contributed by atoms with Gasteiger partial charge < -0.3 is 24.8 Å². The minimum atomic E-state index is -4.63. The van der Waals surface area contributed by atoms with Crippen molar-refractivity contribution in [2.45, 2.75) is 51.4 Å². The number of hydrogen-bond acceptors (Lipinski definition) is 9. The molecular weight excluding hydrogens is 469 g/mol. The average Bonchev–Trinajstić information content (AvgIpc) is 3.34. The molecule has 0 radical (unpaired) electrons. The lowest BCUT2D eigenvalue weighted by atomic mass is 10.0. The Morgan fingerprint density at radius 3 is 2.83 bits per heavy atom. The number of nitrogens with one attached hydrogen (secondary N) is 2. The lowest BCUT2D eigenvalue weighted by molar-refractivity contribution is -0.144. The molecule has 10 nitrogen and oxygen atoms in total. The second kappa shape index (κ2) is 8.85. The second-order valence-corrected chi connectivity index (χ2v) is 9.24. The van der Waals surface area contributed by atoms with Crippen molar-refractivity contribution < 1.29 is 32.2 Å². The lowest BCUT2D eigenvalue weighted by Gasteiger charge is -2.21. The molecule has 0 amide bonds. The normalized spacial score (nSPS) is 25.5. The molecule has 1 aliphatic carbocycles. The number of anilines is 3. The topological polar surface area (TPSA) is 112 Å². The number of carbonyl (C=O) groups is 1. The molecule has 2 aliphatic heterocycles. The van der Waals surface area contributed by atoms with E-state index in [9.17, 15) is 18.0 Å². The molecule has 35 heavy (non-hydrogen) atoms. The smallest absolute Gasteiger partial charge is 0.421 e. The molecule has 2 aromatic rings. The number of esters is 1. The molecule has 2 aromatic heterocycles. The quantitative estimate of drug-likeness (QED) is 0.614. The Labute approximate surface area is 199 Å².